The molecule has 0 amide bonds. The van der Waals surface area contributed by atoms with Gasteiger partial charge in [0.2, 0.25) is 0 Å². The summed E-state index contributed by atoms with van der Waals surface area (Å²) in [5.41, 5.74) is -1.36. The highest BCUT2D eigenvalue weighted by Gasteiger charge is 2.50. The molecule has 0 heterocycles. The minimum Gasteiger partial charge on any atom is -0.303 e. The number of alkyl halides is 2. The van der Waals surface area contributed by atoms with Crippen LogP contribution in [0.25, 0.3) is 0 Å². The fourth-order valence-electron chi connectivity index (χ4n) is 1.84. The van der Waals surface area contributed by atoms with Gasteiger partial charge in [-0.3, -0.25) is 0 Å². The lowest BCUT2D eigenvalue weighted by Crippen LogP contribution is -2.42. The Balaban J connectivity index is 2.80. The Kier molecular flexibility index (Phi) is 2.49. The number of carbonyl (C=O) groups excluding carboxylic acids is 1. The quantitative estimate of drug-likeness (QED) is 0.591. The van der Waals surface area contributed by atoms with Gasteiger partial charge in [0, 0.05) is 6.92 Å². The summed E-state index contributed by atoms with van der Waals surface area (Å²) in [6.45, 7) is 0.854. The van der Waals surface area contributed by atoms with Crippen LogP contribution < -0.4 is 0 Å². The maximum atomic E-state index is 13.0. The van der Waals surface area contributed by atoms with Gasteiger partial charge in [0.25, 0.3) is 5.92 Å². The van der Waals surface area contributed by atoms with Gasteiger partial charge in [0.05, 0.1) is 5.41 Å². The molecule has 0 aromatic heterocycles. The molecule has 0 aliphatic heterocycles. The van der Waals surface area contributed by atoms with Gasteiger partial charge in [0.1, 0.15) is 6.29 Å². The largest absolute Gasteiger partial charge is 0.303 e. The van der Waals surface area contributed by atoms with Crippen molar-refractivity contribution in [3.63, 3.8) is 0 Å². The van der Waals surface area contributed by atoms with Gasteiger partial charge in [-0.1, -0.05) is 19.3 Å². The highest BCUT2D eigenvalue weighted by molar-refractivity contribution is 5.61. The van der Waals surface area contributed by atoms with E-state index in [0.717, 1.165) is 26.2 Å². The van der Waals surface area contributed by atoms with Crippen LogP contribution in [-0.2, 0) is 4.79 Å². The van der Waals surface area contributed by atoms with Gasteiger partial charge in [-0.05, 0) is 12.8 Å². The van der Waals surface area contributed by atoms with E-state index in [1.807, 2.05) is 0 Å². The molecule has 0 aromatic rings. The van der Waals surface area contributed by atoms with Crippen molar-refractivity contribution in [3.05, 3.63) is 0 Å². The van der Waals surface area contributed by atoms with Crippen molar-refractivity contribution in [3.8, 4) is 0 Å². The lowest BCUT2D eigenvalue weighted by atomic mass is 9.71. The Labute approximate surface area is 71.1 Å². The van der Waals surface area contributed by atoms with E-state index in [1.165, 1.54) is 0 Å². The Hall–Kier alpha value is -0.470. The van der Waals surface area contributed by atoms with Crippen molar-refractivity contribution in [2.24, 2.45) is 5.41 Å². The van der Waals surface area contributed by atoms with Crippen LogP contribution in [0.2, 0.25) is 0 Å². The number of carbonyl (C=O) groups is 1. The van der Waals surface area contributed by atoms with E-state index in [-0.39, 0.29) is 0 Å². The van der Waals surface area contributed by atoms with Gasteiger partial charge in [-0.2, -0.15) is 0 Å². The van der Waals surface area contributed by atoms with E-state index in [4.69, 9.17) is 0 Å². The van der Waals surface area contributed by atoms with Crippen molar-refractivity contribution in [2.75, 3.05) is 0 Å². The molecule has 0 aromatic carbocycles. The van der Waals surface area contributed by atoms with Crippen LogP contribution in [-0.4, -0.2) is 12.2 Å². The Bertz CT molecular complexity index is 166. The predicted molar refractivity (Wildman–Crippen MR) is 42.2 cm³/mol. The first-order valence-corrected chi connectivity index (χ1v) is 4.36. The highest BCUT2D eigenvalue weighted by Crippen LogP contribution is 2.46. The average Bonchev–Trinajstić information content (AvgIpc) is 2.04. The molecular formula is C9H14F2O. The molecule has 3 heteroatoms. The van der Waals surface area contributed by atoms with Crippen molar-refractivity contribution in [2.45, 2.75) is 45.0 Å². The van der Waals surface area contributed by atoms with Crippen molar-refractivity contribution in [1.82, 2.24) is 0 Å². The minimum atomic E-state index is -2.85. The summed E-state index contributed by atoms with van der Waals surface area (Å²) in [6.07, 6.45) is 3.64. The van der Waals surface area contributed by atoms with Gasteiger partial charge >= 0.3 is 0 Å². The van der Waals surface area contributed by atoms with Crippen molar-refractivity contribution >= 4 is 6.29 Å². The van der Waals surface area contributed by atoms with Crippen molar-refractivity contribution < 1.29 is 13.6 Å². The Morgan fingerprint density at radius 3 is 2.00 bits per heavy atom. The summed E-state index contributed by atoms with van der Waals surface area (Å²) < 4.78 is 26.1. The third-order valence-electron chi connectivity index (χ3n) is 2.85. The Morgan fingerprint density at radius 1 is 1.25 bits per heavy atom. The van der Waals surface area contributed by atoms with Crippen LogP contribution in [0.3, 0.4) is 0 Å². The van der Waals surface area contributed by atoms with Gasteiger partial charge in [-0.25, -0.2) is 8.78 Å². The average molecular weight is 176 g/mol. The SMILES string of the molecule is CC(F)(F)C1(C=O)CCCCC1. The smallest absolute Gasteiger partial charge is 0.257 e. The zero-order valence-electron chi connectivity index (χ0n) is 7.28. The fourth-order valence-corrected chi connectivity index (χ4v) is 1.84. The molecule has 0 radical (unpaired) electrons. The molecule has 0 atom stereocenters. The summed E-state index contributed by atoms with van der Waals surface area (Å²) in [7, 11) is 0. The molecule has 1 rings (SSSR count). The van der Waals surface area contributed by atoms with E-state index < -0.39 is 11.3 Å². The van der Waals surface area contributed by atoms with Gasteiger partial charge in [0.15, 0.2) is 0 Å². The number of hydrogen-bond donors (Lipinski definition) is 0. The standard InChI is InChI=1S/C9H14F2O/c1-8(10,11)9(7-12)5-3-2-4-6-9/h7H,2-6H2,1H3. The molecule has 1 aliphatic carbocycles. The third-order valence-corrected chi connectivity index (χ3v) is 2.85. The van der Waals surface area contributed by atoms with Crippen LogP contribution in [0, 0.1) is 5.41 Å². The van der Waals surface area contributed by atoms with E-state index in [1.54, 1.807) is 0 Å². The van der Waals surface area contributed by atoms with Gasteiger partial charge in [-0.15, -0.1) is 0 Å². The molecule has 0 unspecified atom stereocenters. The summed E-state index contributed by atoms with van der Waals surface area (Å²) in [5, 5.41) is 0. The van der Waals surface area contributed by atoms with E-state index in [2.05, 4.69) is 0 Å². The normalized spacial score (nSPS) is 23.6. The van der Waals surface area contributed by atoms with Gasteiger partial charge < -0.3 is 4.79 Å². The predicted octanol–water partition coefficient (Wildman–Crippen LogP) is 2.79. The zero-order valence-corrected chi connectivity index (χ0v) is 7.28. The number of halogens is 2. The topological polar surface area (TPSA) is 17.1 Å². The molecule has 1 saturated carbocycles. The molecular weight excluding hydrogens is 162 g/mol. The highest BCUT2D eigenvalue weighted by atomic mass is 19.3. The lowest BCUT2D eigenvalue weighted by Gasteiger charge is -2.36. The maximum Gasteiger partial charge on any atom is 0.257 e. The number of hydrogen-bond acceptors (Lipinski definition) is 1. The molecule has 1 aliphatic rings. The molecule has 0 saturated heterocycles. The molecule has 1 nitrogen and oxygen atoms in total. The minimum absolute atomic E-state index is 0.347. The van der Waals surface area contributed by atoms with Crippen LogP contribution in [0.15, 0.2) is 0 Å². The first-order valence-electron chi connectivity index (χ1n) is 4.36. The van der Waals surface area contributed by atoms with Crippen LogP contribution >= 0.6 is 0 Å². The maximum absolute atomic E-state index is 13.0. The molecule has 70 valence electrons. The monoisotopic (exact) mass is 176 g/mol. The second-order valence-electron chi connectivity index (χ2n) is 3.72. The molecule has 0 N–H and O–H groups in total. The van der Waals surface area contributed by atoms with Crippen LogP contribution in [0.4, 0.5) is 8.78 Å². The lowest BCUT2D eigenvalue weighted by molar-refractivity contribution is -0.149. The molecule has 1 fully saturated rings. The van der Waals surface area contributed by atoms with Crippen LogP contribution in [0.5, 0.6) is 0 Å². The third kappa shape index (κ3) is 1.50. The molecule has 0 bridgehead atoms. The molecule has 12 heavy (non-hydrogen) atoms. The summed E-state index contributed by atoms with van der Waals surface area (Å²) >= 11 is 0. The zero-order chi connectivity index (χ0) is 9.24. The Morgan fingerprint density at radius 2 is 1.75 bits per heavy atom. The first-order chi connectivity index (χ1) is 5.52. The first kappa shape index (κ1) is 9.62. The van der Waals surface area contributed by atoms with E-state index in [0.29, 0.717) is 19.1 Å². The fraction of sp³-hybridized carbons (Fsp3) is 0.889. The second kappa shape index (κ2) is 3.11. The van der Waals surface area contributed by atoms with E-state index >= 15 is 0 Å². The van der Waals surface area contributed by atoms with Crippen molar-refractivity contribution in [1.29, 1.82) is 0 Å². The van der Waals surface area contributed by atoms with E-state index in [9.17, 15) is 13.6 Å². The summed E-state index contributed by atoms with van der Waals surface area (Å²) in [5.74, 6) is -2.85. The molecule has 0 spiro atoms. The summed E-state index contributed by atoms with van der Waals surface area (Å²) in [4.78, 5) is 10.6. The number of rotatable bonds is 2. The number of aldehydes is 1. The second-order valence-corrected chi connectivity index (χ2v) is 3.72. The summed E-state index contributed by atoms with van der Waals surface area (Å²) in [6, 6.07) is 0. The van der Waals surface area contributed by atoms with Crippen LogP contribution in [0.1, 0.15) is 39.0 Å².